The summed E-state index contributed by atoms with van der Waals surface area (Å²) in [6.45, 7) is 0. The molecule has 0 saturated carbocycles. The summed E-state index contributed by atoms with van der Waals surface area (Å²) in [6, 6.07) is 8.01. The third-order valence-electron chi connectivity index (χ3n) is 2.74. The van der Waals surface area contributed by atoms with E-state index in [4.69, 9.17) is 11.5 Å². The number of nitro groups is 2. The van der Waals surface area contributed by atoms with Gasteiger partial charge in [-0.05, 0) is 12.1 Å². The lowest BCUT2D eigenvalue weighted by Crippen LogP contribution is -1.93. The zero-order valence-corrected chi connectivity index (χ0v) is 11.0. The molecule has 0 aliphatic carbocycles. The van der Waals surface area contributed by atoms with Crippen LogP contribution >= 0.6 is 0 Å². The molecule has 0 amide bonds. The summed E-state index contributed by atoms with van der Waals surface area (Å²) in [7, 11) is 0. The van der Waals surface area contributed by atoms with Crippen LogP contribution in [0.1, 0.15) is 0 Å². The van der Waals surface area contributed by atoms with E-state index in [0.717, 1.165) is 0 Å². The molecule has 0 unspecified atom stereocenters. The number of nitrogen functional groups attached to an aromatic ring is 2. The predicted octanol–water partition coefficient (Wildman–Crippen LogP) is 3.08. The predicted molar refractivity (Wildman–Crippen MR) is 79.2 cm³/mol. The van der Waals surface area contributed by atoms with Crippen molar-refractivity contribution in [2.75, 3.05) is 11.5 Å². The highest BCUT2D eigenvalue weighted by atomic mass is 16.6. The molecule has 10 nitrogen and oxygen atoms in total. The van der Waals surface area contributed by atoms with Crippen LogP contribution in [0.25, 0.3) is 0 Å². The maximum atomic E-state index is 10.9. The van der Waals surface area contributed by atoms with E-state index in [9.17, 15) is 20.2 Å². The van der Waals surface area contributed by atoms with Gasteiger partial charge >= 0.3 is 0 Å². The van der Waals surface area contributed by atoms with Crippen molar-refractivity contribution in [3.63, 3.8) is 0 Å². The van der Waals surface area contributed by atoms with Crippen molar-refractivity contribution in [1.82, 2.24) is 0 Å². The number of nitrogens with zero attached hydrogens (tertiary/aromatic N) is 4. The lowest BCUT2D eigenvalue weighted by atomic mass is 10.2. The Labute approximate surface area is 123 Å². The highest BCUT2D eigenvalue weighted by Crippen LogP contribution is 2.38. The van der Waals surface area contributed by atoms with Gasteiger partial charge in [0.05, 0.1) is 21.2 Å². The first-order valence-electron chi connectivity index (χ1n) is 5.89. The number of hydrogen-bond acceptors (Lipinski definition) is 8. The second kappa shape index (κ2) is 5.83. The summed E-state index contributed by atoms with van der Waals surface area (Å²) < 4.78 is 0. The number of nitro benzene ring substituents is 2. The van der Waals surface area contributed by atoms with Gasteiger partial charge < -0.3 is 11.5 Å². The summed E-state index contributed by atoms with van der Waals surface area (Å²) in [6.07, 6.45) is 0. The lowest BCUT2D eigenvalue weighted by molar-refractivity contribution is -0.384. The standard InChI is InChI=1S/C12H10N6O4/c13-7-3-1-5-9(17(19)20)11(7)15-16-12-8(14)4-2-6-10(12)18(21)22/h1-6H,13-14H2. The molecular formula is C12H10N6O4. The van der Waals surface area contributed by atoms with Crippen LogP contribution in [0.2, 0.25) is 0 Å². The largest absolute Gasteiger partial charge is 0.397 e. The third kappa shape index (κ3) is 2.80. The zero-order chi connectivity index (χ0) is 16.3. The van der Waals surface area contributed by atoms with Crippen molar-refractivity contribution in [3.05, 3.63) is 56.6 Å². The van der Waals surface area contributed by atoms with Crippen molar-refractivity contribution in [3.8, 4) is 0 Å². The molecule has 2 aromatic carbocycles. The minimum absolute atomic E-state index is 0.0232. The number of nitrogens with two attached hydrogens (primary N) is 2. The maximum Gasteiger partial charge on any atom is 0.298 e. The van der Waals surface area contributed by atoms with E-state index in [1.165, 1.54) is 36.4 Å². The molecule has 112 valence electrons. The van der Waals surface area contributed by atoms with Gasteiger partial charge in [0, 0.05) is 12.1 Å². The van der Waals surface area contributed by atoms with Gasteiger partial charge in [-0.2, -0.15) is 0 Å². The van der Waals surface area contributed by atoms with Gasteiger partial charge in [-0.25, -0.2) is 0 Å². The van der Waals surface area contributed by atoms with Crippen molar-refractivity contribution < 1.29 is 9.85 Å². The van der Waals surface area contributed by atoms with Gasteiger partial charge in [-0.3, -0.25) is 20.2 Å². The summed E-state index contributed by atoms with van der Waals surface area (Å²) in [5.41, 5.74) is 10.2. The first kappa shape index (κ1) is 14.8. The molecule has 0 saturated heterocycles. The molecule has 2 aromatic rings. The number of hydrogen-bond donors (Lipinski definition) is 2. The Bertz CT molecular complexity index is 724. The van der Waals surface area contributed by atoms with E-state index in [0.29, 0.717) is 0 Å². The molecule has 22 heavy (non-hydrogen) atoms. The molecule has 0 aliphatic rings. The Hall–Kier alpha value is -3.56. The van der Waals surface area contributed by atoms with Gasteiger partial charge in [0.1, 0.15) is 0 Å². The Balaban J connectivity index is 2.56. The highest BCUT2D eigenvalue weighted by Gasteiger charge is 2.19. The van der Waals surface area contributed by atoms with Crippen LogP contribution in [0.5, 0.6) is 0 Å². The molecule has 0 spiro atoms. The van der Waals surface area contributed by atoms with Gasteiger partial charge in [-0.15, -0.1) is 10.2 Å². The molecule has 0 heterocycles. The summed E-state index contributed by atoms with van der Waals surface area (Å²) in [4.78, 5) is 20.5. The molecule has 0 atom stereocenters. The maximum absolute atomic E-state index is 10.9. The molecule has 4 N–H and O–H groups in total. The van der Waals surface area contributed by atoms with Gasteiger partial charge in [0.15, 0.2) is 11.4 Å². The summed E-state index contributed by atoms with van der Waals surface area (Å²) in [5, 5.41) is 29.2. The number of azo groups is 1. The van der Waals surface area contributed by atoms with Gasteiger partial charge in [-0.1, -0.05) is 12.1 Å². The fraction of sp³-hybridized carbons (Fsp3) is 0. The second-order valence-corrected chi connectivity index (χ2v) is 4.14. The smallest absolute Gasteiger partial charge is 0.298 e. The van der Waals surface area contributed by atoms with Gasteiger partial charge in [0.2, 0.25) is 0 Å². The van der Waals surface area contributed by atoms with E-state index in [-0.39, 0.29) is 34.1 Å². The second-order valence-electron chi connectivity index (χ2n) is 4.14. The molecular weight excluding hydrogens is 292 g/mol. The third-order valence-corrected chi connectivity index (χ3v) is 2.74. The minimum atomic E-state index is -0.673. The Morgan fingerprint density at radius 3 is 1.45 bits per heavy atom. The first-order valence-corrected chi connectivity index (χ1v) is 5.89. The van der Waals surface area contributed by atoms with Gasteiger partial charge in [0.25, 0.3) is 11.4 Å². The molecule has 2 rings (SSSR count). The van der Waals surface area contributed by atoms with Crippen LogP contribution in [0, 0.1) is 20.2 Å². The number of rotatable bonds is 4. The summed E-state index contributed by atoms with van der Waals surface area (Å²) >= 11 is 0. The van der Waals surface area contributed by atoms with E-state index in [2.05, 4.69) is 10.2 Å². The molecule has 0 aliphatic heterocycles. The monoisotopic (exact) mass is 302 g/mol. The lowest BCUT2D eigenvalue weighted by Gasteiger charge is -2.02. The number of anilines is 2. The number of benzene rings is 2. The summed E-state index contributed by atoms with van der Waals surface area (Å²) in [5.74, 6) is 0. The van der Waals surface area contributed by atoms with E-state index >= 15 is 0 Å². The normalized spacial score (nSPS) is 10.7. The molecule has 10 heteroatoms. The fourth-order valence-electron chi connectivity index (χ4n) is 1.71. The van der Waals surface area contributed by atoms with E-state index < -0.39 is 9.85 Å². The van der Waals surface area contributed by atoms with Crippen molar-refractivity contribution in [2.45, 2.75) is 0 Å². The van der Waals surface area contributed by atoms with Crippen LogP contribution in [-0.2, 0) is 0 Å². The minimum Gasteiger partial charge on any atom is -0.397 e. The topological polar surface area (TPSA) is 163 Å². The quantitative estimate of drug-likeness (QED) is 0.381. The van der Waals surface area contributed by atoms with E-state index in [1.54, 1.807) is 0 Å². The molecule has 0 fully saturated rings. The van der Waals surface area contributed by atoms with E-state index in [1.807, 2.05) is 0 Å². The van der Waals surface area contributed by atoms with Crippen molar-refractivity contribution in [1.29, 1.82) is 0 Å². The SMILES string of the molecule is Nc1cccc([N+](=O)[O-])c1N=Nc1c(N)cccc1[N+](=O)[O-]. The molecule has 0 radical (unpaired) electrons. The van der Waals surface area contributed by atoms with Crippen LogP contribution in [-0.4, -0.2) is 9.85 Å². The van der Waals surface area contributed by atoms with Crippen LogP contribution in [0.3, 0.4) is 0 Å². The van der Waals surface area contributed by atoms with Crippen LogP contribution in [0.15, 0.2) is 46.6 Å². The average Bonchev–Trinajstić information content (AvgIpc) is 2.46. The highest BCUT2D eigenvalue weighted by molar-refractivity contribution is 5.75. The molecule has 0 aromatic heterocycles. The van der Waals surface area contributed by atoms with Crippen LogP contribution < -0.4 is 11.5 Å². The fourth-order valence-corrected chi connectivity index (χ4v) is 1.71. The Morgan fingerprint density at radius 2 is 1.14 bits per heavy atom. The molecule has 0 bridgehead atoms. The van der Waals surface area contributed by atoms with Crippen molar-refractivity contribution >= 4 is 34.1 Å². The zero-order valence-electron chi connectivity index (χ0n) is 11.0. The van der Waals surface area contributed by atoms with Crippen molar-refractivity contribution in [2.24, 2.45) is 10.2 Å². The Kier molecular flexibility index (Phi) is 3.93. The average molecular weight is 302 g/mol. The van der Waals surface area contributed by atoms with Crippen LogP contribution in [0.4, 0.5) is 34.1 Å². The first-order chi connectivity index (χ1) is 10.4. The Morgan fingerprint density at radius 1 is 0.773 bits per heavy atom.